The predicted octanol–water partition coefficient (Wildman–Crippen LogP) is 2.42. The van der Waals surface area contributed by atoms with Gasteiger partial charge in [-0.25, -0.2) is 0 Å². The number of rotatable bonds is 3. The van der Waals surface area contributed by atoms with Crippen LogP contribution in [0, 0.1) is 11.3 Å². The standard InChI is InChI=1S/C13H13ClN4/c1-9(16)8-18-5-4-13(17-18)12-6-11(14)3-2-10(12)7-15/h2-6,9H,8,16H2,1H3. The summed E-state index contributed by atoms with van der Waals surface area (Å²) in [4.78, 5) is 0. The van der Waals surface area contributed by atoms with E-state index >= 15 is 0 Å². The van der Waals surface area contributed by atoms with Crippen molar-refractivity contribution in [2.75, 3.05) is 0 Å². The summed E-state index contributed by atoms with van der Waals surface area (Å²) < 4.78 is 1.77. The van der Waals surface area contributed by atoms with Crippen LogP contribution in [0.3, 0.4) is 0 Å². The van der Waals surface area contributed by atoms with Crippen molar-refractivity contribution in [1.82, 2.24) is 9.78 Å². The van der Waals surface area contributed by atoms with Crippen molar-refractivity contribution in [3.05, 3.63) is 41.0 Å². The zero-order valence-corrected chi connectivity index (χ0v) is 10.7. The molecule has 0 amide bonds. The maximum Gasteiger partial charge on any atom is 0.0998 e. The van der Waals surface area contributed by atoms with Gasteiger partial charge in [-0.1, -0.05) is 11.6 Å². The molecule has 1 aromatic carbocycles. The van der Waals surface area contributed by atoms with Crippen molar-refractivity contribution in [2.24, 2.45) is 5.73 Å². The molecule has 92 valence electrons. The number of nitrogens with zero attached hydrogens (tertiary/aromatic N) is 3. The Morgan fingerprint density at radius 3 is 2.94 bits per heavy atom. The summed E-state index contributed by atoms with van der Waals surface area (Å²) in [5.41, 5.74) is 7.75. The van der Waals surface area contributed by atoms with Crippen molar-refractivity contribution in [2.45, 2.75) is 19.5 Å². The van der Waals surface area contributed by atoms with Gasteiger partial charge in [0, 0.05) is 22.8 Å². The number of halogens is 1. The van der Waals surface area contributed by atoms with E-state index < -0.39 is 0 Å². The maximum absolute atomic E-state index is 9.08. The second-order valence-electron chi connectivity index (χ2n) is 4.20. The van der Waals surface area contributed by atoms with Gasteiger partial charge in [-0.15, -0.1) is 0 Å². The van der Waals surface area contributed by atoms with Gasteiger partial charge in [0.2, 0.25) is 0 Å². The summed E-state index contributed by atoms with van der Waals surface area (Å²) in [5.74, 6) is 0. The summed E-state index contributed by atoms with van der Waals surface area (Å²) in [6, 6.07) is 9.17. The van der Waals surface area contributed by atoms with E-state index in [0.29, 0.717) is 17.1 Å². The Balaban J connectivity index is 2.40. The molecule has 2 rings (SSSR count). The SMILES string of the molecule is CC(N)Cn1ccc(-c2cc(Cl)ccc2C#N)n1. The summed E-state index contributed by atoms with van der Waals surface area (Å²) in [5, 5.41) is 14.1. The minimum absolute atomic E-state index is 0.0348. The van der Waals surface area contributed by atoms with E-state index in [4.69, 9.17) is 22.6 Å². The molecule has 0 saturated carbocycles. The molecule has 0 aliphatic rings. The molecule has 0 radical (unpaired) electrons. The van der Waals surface area contributed by atoms with Crippen molar-refractivity contribution >= 4 is 11.6 Å². The van der Waals surface area contributed by atoms with Gasteiger partial charge >= 0.3 is 0 Å². The molecule has 1 aromatic heterocycles. The van der Waals surface area contributed by atoms with Crippen LogP contribution >= 0.6 is 11.6 Å². The van der Waals surface area contributed by atoms with Crippen molar-refractivity contribution in [3.8, 4) is 17.3 Å². The third-order valence-electron chi connectivity index (χ3n) is 2.49. The zero-order valence-electron chi connectivity index (χ0n) is 9.97. The second-order valence-corrected chi connectivity index (χ2v) is 4.64. The lowest BCUT2D eigenvalue weighted by Crippen LogP contribution is -2.22. The highest BCUT2D eigenvalue weighted by molar-refractivity contribution is 6.30. The number of nitriles is 1. The number of hydrogen-bond acceptors (Lipinski definition) is 3. The first-order valence-electron chi connectivity index (χ1n) is 5.59. The lowest BCUT2D eigenvalue weighted by Gasteiger charge is -2.05. The van der Waals surface area contributed by atoms with E-state index in [1.807, 2.05) is 19.2 Å². The largest absolute Gasteiger partial charge is 0.326 e. The van der Waals surface area contributed by atoms with Crippen LogP contribution < -0.4 is 5.73 Å². The fourth-order valence-corrected chi connectivity index (χ4v) is 1.90. The molecule has 0 bridgehead atoms. The minimum Gasteiger partial charge on any atom is -0.326 e. The summed E-state index contributed by atoms with van der Waals surface area (Å²) in [6.07, 6.45) is 1.85. The third kappa shape index (κ3) is 2.70. The van der Waals surface area contributed by atoms with Gasteiger partial charge < -0.3 is 5.73 Å². The summed E-state index contributed by atoms with van der Waals surface area (Å²) in [6.45, 7) is 2.56. The van der Waals surface area contributed by atoms with Gasteiger partial charge in [-0.2, -0.15) is 10.4 Å². The van der Waals surface area contributed by atoms with Crippen LogP contribution in [-0.4, -0.2) is 15.8 Å². The van der Waals surface area contributed by atoms with Gasteiger partial charge in [-0.05, 0) is 31.2 Å². The molecule has 5 heteroatoms. The van der Waals surface area contributed by atoms with Crippen LogP contribution in [0.2, 0.25) is 5.02 Å². The average molecular weight is 261 g/mol. The lowest BCUT2D eigenvalue weighted by molar-refractivity contribution is 0.540. The third-order valence-corrected chi connectivity index (χ3v) is 2.73. The van der Waals surface area contributed by atoms with Crippen LogP contribution in [0.25, 0.3) is 11.3 Å². The monoisotopic (exact) mass is 260 g/mol. The second kappa shape index (κ2) is 5.21. The van der Waals surface area contributed by atoms with Crippen LogP contribution in [0.4, 0.5) is 0 Å². The Morgan fingerprint density at radius 2 is 2.28 bits per heavy atom. The fourth-order valence-electron chi connectivity index (χ4n) is 1.73. The van der Waals surface area contributed by atoms with E-state index in [1.54, 1.807) is 22.9 Å². The molecule has 0 saturated heterocycles. The molecule has 2 aromatic rings. The number of benzene rings is 1. The maximum atomic E-state index is 9.08. The van der Waals surface area contributed by atoms with Crippen LogP contribution in [0.1, 0.15) is 12.5 Å². The van der Waals surface area contributed by atoms with E-state index in [1.165, 1.54) is 0 Å². The Hall–Kier alpha value is -1.83. The molecular weight excluding hydrogens is 248 g/mol. The van der Waals surface area contributed by atoms with E-state index in [0.717, 1.165) is 11.3 Å². The number of hydrogen-bond donors (Lipinski definition) is 1. The highest BCUT2D eigenvalue weighted by Crippen LogP contribution is 2.25. The molecule has 18 heavy (non-hydrogen) atoms. The molecule has 2 N–H and O–H groups in total. The Kier molecular flexibility index (Phi) is 3.66. The van der Waals surface area contributed by atoms with Gasteiger partial charge in [0.25, 0.3) is 0 Å². The van der Waals surface area contributed by atoms with E-state index in [-0.39, 0.29) is 6.04 Å². The average Bonchev–Trinajstić information content (AvgIpc) is 2.76. The Bertz CT molecular complexity index is 595. The van der Waals surface area contributed by atoms with Crippen molar-refractivity contribution in [1.29, 1.82) is 5.26 Å². The number of aromatic nitrogens is 2. The van der Waals surface area contributed by atoms with Crippen LogP contribution in [0.5, 0.6) is 0 Å². The molecule has 0 aliphatic carbocycles. The minimum atomic E-state index is 0.0348. The molecule has 1 unspecified atom stereocenters. The molecule has 1 atom stereocenters. The Morgan fingerprint density at radius 1 is 1.50 bits per heavy atom. The summed E-state index contributed by atoms with van der Waals surface area (Å²) in [7, 11) is 0. The quantitative estimate of drug-likeness (QED) is 0.922. The molecule has 0 fully saturated rings. The van der Waals surface area contributed by atoms with Crippen molar-refractivity contribution in [3.63, 3.8) is 0 Å². The van der Waals surface area contributed by atoms with E-state index in [2.05, 4.69) is 11.2 Å². The van der Waals surface area contributed by atoms with Gasteiger partial charge in [0.15, 0.2) is 0 Å². The van der Waals surface area contributed by atoms with Crippen molar-refractivity contribution < 1.29 is 0 Å². The molecule has 4 nitrogen and oxygen atoms in total. The molecule has 0 aliphatic heterocycles. The van der Waals surface area contributed by atoms with E-state index in [9.17, 15) is 0 Å². The highest BCUT2D eigenvalue weighted by atomic mass is 35.5. The molecule has 0 spiro atoms. The molecule has 1 heterocycles. The number of nitrogens with two attached hydrogens (primary N) is 1. The Labute approximate surface area is 111 Å². The molecular formula is C13H13ClN4. The first kappa shape index (κ1) is 12.6. The smallest absolute Gasteiger partial charge is 0.0998 e. The summed E-state index contributed by atoms with van der Waals surface area (Å²) >= 11 is 5.95. The van der Waals surface area contributed by atoms with Crippen LogP contribution in [0.15, 0.2) is 30.5 Å². The highest BCUT2D eigenvalue weighted by Gasteiger charge is 2.09. The van der Waals surface area contributed by atoms with Gasteiger partial charge in [0.1, 0.15) is 0 Å². The fraction of sp³-hybridized carbons (Fsp3) is 0.231. The predicted molar refractivity (Wildman–Crippen MR) is 71.0 cm³/mol. The lowest BCUT2D eigenvalue weighted by atomic mass is 10.1. The van der Waals surface area contributed by atoms with Gasteiger partial charge in [0.05, 0.1) is 23.9 Å². The van der Waals surface area contributed by atoms with Gasteiger partial charge in [-0.3, -0.25) is 4.68 Å². The first-order chi connectivity index (χ1) is 8.60. The van der Waals surface area contributed by atoms with Crippen LogP contribution in [-0.2, 0) is 6.54 Å². The zero-order chi connectivity index (χ0) is 13.1. The topological polar surface area (TPSA) is 67.6 Å². The normalized spacial score (nSPS) is 12.1. The first-order valence-corrected chi connectivity index (χ1v) is 5.97.